The molecule has 0 radical (unpaired) electrons. The Morgan fingerprint density at radius 2 is 1.08 bits per heavy atom. The van der Waals surface area contributed by atoms with Gasteiger partial charge in [-0.1, -0.05) is 67.4 Å². The number of carboxylic acids is 4. The molecule has 350 valence electrons. The van der Waals surface area contributed by atoms with Crippen molar-refractivity contribution in [3.05, 3.63) is 96.0 Å². The molecule has 3 atom stereocenters. The molecule has 2 heterocycles. The first-order valence-electron chi connectivity index (χ1n) is 22.4. The van der Waals surface area contributed by atoms with Crippen molar-refractivity contribution in [2.45, 2.75) is 128 Å². The van der Waals surface area contributed by atoms with E-state index in [0.29, 0.717) is 58.3 Å². The van der Waals surface area contributed by atoms with E-state index in [9.17, 15) is 44.1 Å². The third kappa shape index (κ3) is 18.9. The van der Waals surface area contributed by atoms with Crippen LogP contribution in [-0.4, -0.2) is 102 Å². The number of hydrogen-bond donors (Lipinski definition) is 8. The maximum Gasteiger partial charge on any atom is 0.326 e. The number of carbonyl (C=O) groups excluding carboxylic acids is 2. The van der Waals surface area contributed by atoms with Gasteiger partial charge in [0, 0.05) is 48.9 Å². The maximum atomic E-state index is 12.8. The Morgan fingerprint density at radius 3 is 1.62 bits per heavy atom. The minimum atomic E-state index is -1.47. The first kappa shape index (κ1) is 51.0. The Morgan fingerprint density at radius 1 is 0.569 bits per heavy atom. The van der Waals surface area contributed by atoms with Crippen LogP contribution in [0.5, 0.6) is 0 Å². The highest BCUT2D eigenvalue weighted by molar-refractivity contribution is 5.86. The molecule has 2 aromatic carbocycles. The summed E-state index contributed by atoms with van der Waals surface area (Å²) in [6.07, 6.45) is 8.20. The number of unbranched alkanes of at least 4 members (excludes halogenated alkanes) is 5. The molecule has 0 unspecified atom stereocenters. The van der Waals surface area contributed by atoms with Crippen LogP contribution in [0.25, 0.3) is 21.8 Å². The van der Waals surface area contributed by atoms with Crippen molar-refractivity contribution >= 4 is 57.6 Å². The van der Waals surface area contributed by atoms with Crippen molar-refractivity contribution < 1.29 is 49.2 Å². The van der Waals surface area contributed by atoms with Gasteiger partial charge in [-0.3, -0.25) is 24.5 Å². The molecule has 17 heteroatoms. The molecule has 8 N–H and O–H groups in total. The van der Waals surface area contributed by atoms with Crippen LogP contribution >= 0.6 is 0 Å². The minimum absolute atomic E-state index is 0.110. The molecule has 0 fully saturated rings. The average molecular weight is 898 g/mol. The molecule has 0 spiro atoms. The Labute approximate surface area is 379 Å². The zero-order valence-corrected chi connectivity index (χ0v) is 37.0. The van der Waals surface area contributed by atoms with Gasteiger partial charge in [0.25, 0.3) is 0 Å². The van der Waals surface area contributed by atoms with E-state index in [2.05, 4.69) is 38.3 Å². The van der Waals surface area contributed by atoms with Crippen LogP contribution in [-0.2, 0) is 37.1 Å². The number of rotatable bonds is 31. The quantitative estimate of drug-likeness (QED) is 0.0248. The highest BCUT2D eigenvalue weighted by atomic mass is 16.4. The molecule has 3 amide bonds. The lowest BCUT2D eigenvalue weighted by atomic mass is 10.1. The lowest BCUT2D eigenvalue weighted by Crippen LogP contribution is -2.51. The number of hydrogen-bond acceptors (Lipinski definition) is 10. The topological polar surface area (TPSA) is 260 Å². The first-order valence-corrected chi connectivity index (χ1v) is 22.4. The summed E-state index contributed by atoms with van der Waals surface area (Å²) in [5.41, 5.74) is 4.76. The van der Waals surface area contributed by atoms with Crippen molar-refractivity contribution in [3.8, 4) is 0 Å². The zero-order chi connectivity index (χ0) is 47.0. The lowest BCUT2D eigenvalue weighted by molar-refractivity contribution is -0.142. The second-order valence-corrected chi connectivity index (χ2v) is 16.1. The van der Waals surface area contributed by atoms with Gasteiger partial charge in [0.15, 0.2) is 0 Å². The summed E-state index contributed by atoms with van der Waals surface area (Å²) >= 11 is 0. The molecule has 4 aromatic rings. The Kier molecular flexibility index (Phi) is 21.6. The summed E-state index contributed by atoms with van der Waals surface area (Å²) in [7, 11) is 0. The highest BCUT2D eigenvalue weighted by Gasteiger charge is 2.25. The van der Waals surface area contributed by atoms with E-state index in [1.54, 1.807) is 0 Å². The molecule has 0 aliphatic heterocycles. The van der Waals surface area contributed by atoms with Crippen molar-refractivity contribution in [1.29, 1.82) is 0 Å². The molecule has 65 heavy (non-hydrogen) atoms. The SMILES string of the molecule is C/C=C(\CCCCCCC(=O)N[C@@H](CCCCN(Cc1ccc2ccccc2n1)Cc1ccc2ccccc2n1)C(=O)O)NCCCC[C@H](NC(=O)N[C@@H](CCC(=O)O)C(=O)O)C(=O)O. The number of aliphatic carboxylic acids is 4. The summed E-state index contributed by atoms with van der Waals surface area (Å²) < 4.78 is 0. The van der Waals surface area contributed by atoms with E-state index < -0.39 is 54.5 Å². The molecule has 0 aliphatic rings. The number of pyridine rings is 2. The molecule has 4 rings (SSSR count). The van der Waals surface area contributed by atoms with Crippen molar-refractivity contribution in [2.75, 3.05) is 13.1 Å². The van der Waals surface area contributed by atoms with Crippen LogP contribution in [0.15, 0.2) is 84.6 Å². The number of benzene rings is 2. The number of aromatic nitrogens is 2. The van der Waals surface area contributed by atoms with Crippen molar-refractivity contribution in [1.82, 2.24) is 36.1 Å². The number of carboxylic acid groups (broad SMARTS) is 4. The summed E-state index contributed by atoms with van der Waals surface area (Å²) in [5.74, 6) is -5.24. The van der Waals surface area contributed by atoms with E-state index in [1.807, 2.05) is 73.7 Å². The smallest absolute Gasteiger partial charge is 0.326 e. The number of allylic oxidation sites excluding steroid dienone is 2. The third-order valence-corrected chi connectivity index (χ3v) is 11.0. The predicted octanol–water partition coefficient (Wildman–Crippen LogP) is 6.60. The maximum absolute atomic E-state index is 12.8. The Bertz CT molecular complexity index is 2150. The van der Waals surface area contributed by atoms with Crippen LogP contribution < -0.4 is 21.3 Å². The monoisotopic (exact) mass is 897 g/mol. The van der Waals surface area contributed by atoms with Gasteiger partial charge in [0.2, 0.25) is 5.91 Å². The molecule has 0 aliphatic carbocycles. The van der Waals surface area contributed by atoms with Gasteiger partial charge in [-0.25, -0.2) is 19.2 Å². The number of fused-ring (bicyclic) bond motifs is 2. The fraction of sp³-hybridized carbons (Fsp3) is 0.458. The van der Waals surface area contributed by atoms with Gasteiger partial charge in [0.05, 0.1) is 22.4 Å². The van der Waals surface area contributed by atoms with E-state index in [1.165, 1.54) is 0 Å². The van der Waals surface area contributed by atoms with Crippen LogP contribution in [0.2, 0.25) is 0 Å². The average Bonchev–Trinajstić information content (AvgIpc) is 3.28. The summed E-state index contributed by atoms with van der Waals surface area (Å²) in [6.45, 7) is 4.39. The van der Waals surface area contributed by atoms with Crippen LogP contribution in [0.4, 0.5) is 4.79 Å². The second-order valence-electron chi connectivity index (χ2n) is 16.1. The van der Waals surface area contributed by atoms with Gasteiger partial charge in [-0.2, -0.15) is 0 Å². The van der Waals surface area contributed by atoms with E-state index in [4.69, 9.17) is 15.1 Å². The number of amides is 3. The van der Waals surface area contributed by atoms with Crippen molar-refractivity contribution in [2.24, 2.45) is 0 Å². The number of carbonyl (C=O) groups is 6. The molecule has 0 bridgehead atoms. The van der Waals surface area contributed by atoms with Crippen LogP contribution in [0.3, 0.4) is 0 Å². The fourth-order valence-electron chi connectivity index (χ4n) is 7.43. The summed E-state index contributed by atoms with van der Waals surface area (Å²) in [5, 5.41) is 50.1. The lowest BCUT2D eigenvalue weighted by Gasteiger charge is -2.22. The van der Waals surface area contributed by atoms with Crippen molar-refractivity contribution in [3.63, 3.8) is 0 Å². The van der Waals surface area contributed by atoms with Gasteiger partial charge >= 0.3 is 29.9 Å². The number of para-hydroxylation sites is 2. The Hall–Kier alpha value is -6.62. The minimum Gasteiger partial charge on any atom is -0.481 e. The van der Waals surface area contributed by atoms with E-state index in [-0.39, 0.29) is 25.2 Å². The van der Waals surface area contributed by atoms with Gasteiger partial charge in [0.1, 0.15) is 18.1 Å². The van der Waals surface area contributed by atoms with Gasteiger partial charge in [-0.05, 0) is 102 Å². The molecule has 0 saturated heterocycles. The largest absolute Gasteiger partial charge is 0.481 e. The fourth-order valence-corrected chi connectivity index (χ4v) is 7.43. The Balaban J connectivity index is 1.11. The summed E-state index contributed by atoms with van der Waals surface area (Å²) in [4.78, 5) is 83.0. The highest BCUT2D eigenvalue weighted by Crippen LogP contribution is 2.18. The van der Waals surface area contributed by atoms with Crippen LogP contribution in [0, 0.1) is 0 Å². The number of nitrogens with zero attached hydrogens (tertiary/aromatic N) is 3. The van der Waals surface area contributed by atoms with Gasteiger partial charge < -0.3 is 41.7 Å². The molecular formula is C48H63N7O10. The van der Waals surface area contributed by atoms with Gasteiger partial charge in [-0.15, -0.1) is 0 Å². The molecule has 17 nitrogen and oxygen atoms in total. The number of urea groups is 1. The normalized spacial score (nSPS) is 12.9. The predicted molar refractivity (Wildman–Crippen MR) is 246 cm³/mol. The zero-order valence-electron chi connectivity index (χ0n) is 37.0. The van der Waals surface area contributed by atoms with Crippen LogP contribution in [0.1, 0.15) is 108 Å². The molecule has 0 saturated carbocycles. The molecular weight excluding hydrogens is 835 g/mol. The summed E-state index contributed by atoms with van der Waals surface area (Å²) in [6, 6.07) is 19.5. The standard InChI is InChI=1S/C48H63N7O10/c1-2-35(49-29-13-11-20-41(46(61)62)53-48(65)54-42(47(63)64)27-28-44(57)58)17-5-3-4-6-22-43(56)52-40(45(59)60)21-12-14-30-55(31-36-25-23-33-15-7-9-18-38(33)50-36)32-37-26-24-34-16-8-10-19-39(34)51-37/h2,7-10,15-16,18-19,23-26,40-42,49H,3-6,11-14,17,20-22,27-32H2,1H3,(H,52,56)(H,57,58)(H,59,60)(H,61,62)(H,63,64)(H2,53,54,65)/b35-2+/t40-,41-,42-/m0/s1. The first-order chi connectivity index (χ1) is 31.3. The third-order valence-electron chi connectivity index (χ3n) is 11.0. The second kappa shape index (κ2) is 27.5. The van der Waals surface area contributed by atoms with E-state index >= 15 is 0 Å². The molecule has 2 aromatic heterocycles. The van der Waals surface area contributed by atoms with E-state index in [0.717, 1.165) is 71.0 Å². The number of nitrogens with one attached hydrogen (secondary N) is 4.